The Morgan fingerprint density at radius 3 is 2.50 bits per heavy atom. The van der Waals surface area contributed by atoms with Gasteiger partial charge in [-0.2, -0.15) is 0 Å². The molecule has 0 spiro atoms. The van der Waals surface area contributed by atoms with Gasteiger partial charge in [-0.1, -0.05) is 30.3 Å². The Morgan fingerprint density at radius 2 is 1.84 bits per heavy atom. The van der Waals surface area contributed by atoms with Crippen LogP contribution in [0.2, 0.25) is 0 Å². The molecule has 38 heavy (non-hydrogen) atoms. The molecule has 0 unspecified atom stereocenters. The number of amides is 1. The molecule has 1 amide bonds. The highest BCUT2D eigenvalue weighted by atomic mass is 16.6. The Hall–Kier alpha value is -3.66. The fourth-order valence-electron chi connectivity index (χ4n) is 4.92. The van der Waals surface area contributed by atoms with Gasteiger partial charge in [-0.25, -0.2) is 9.78 Å². The van der Waals surface area contributed by atoms with E-state index in [1.807, 2.05) is 61.6 Å². The molecule has 2 aliphatic rings. The predicted molar refractivity (Wildman–Crippen MR) is 148 cm³/mol. The molecule has 2 aliphatic heterocycles. The zero-order valence-electron chi connectivity index (χ0n) is 22.4. The Morgan fingerprint density at radius 1 is 1.13 bits per heavy atom. The molecule has 0 bridgehead atoms. The minimum atomic E-state index is -0.383. The number of aromatic nitrogens is 1. The second kappa shape index (κ2) is 13.2. The van der Waals surface area contributed by atoms with E-state index in [0.29, 0.717) is 31.2 Å². The Kier molecular flexibility index (Phi) is 9.53. The van der Waals surface area contributed by atoms with Crippen LogP contribution in [0.15, 0.2) is 48.8 Å². The van der Waals surface area contributed by atoms with E-state index in [2.05, 4.69) is 14.8 Å². The van der Waals surface area contributed by atoms with Crippen molar-refractivity contribution in [2.75, 3.05) is 64.8 Å². The molecule has 0 aliphatic carbocycles. The van der Waals surface area contributed by atoms with Crippen molar-refractivity contribution in [3.8, 4) is 0 Å². The van der Waals surface area contributed by atoms with E-state index in [1.165, 1.54) is 6.20 Å². The monoisotopic (exact) mass is 522 g/mol. The number of anilines is 1. The first-order chi connectivity index (χ1) is 18.4. The van der Waals surface area contributed by atoms with E-state index in [4.69, 9.17) is 4.74 Å². The van der Waals surface area contributed by atoms with Gasteiger partial charge in [0, 0.05) is 53.4 Å². The van der Waals surface area contributed by atoms with Crippen LogP contribution in [0.25, 0.3) is 6.08 Å². The highest BCUT2D eigenvalue weighted by molar-refractivity contribution is 5.67. The van der Waals surface area contributed by atoms with Crippen molar-refractivity contribution >= 4 is 23.7 Å². The number of nitro groups is 1. The van der Waals surface area contributed by atoms with Crippen molar-refractivity contribution in [3.05, 3.63) is 70.0 Å². The van der Waals surface area contributed by atoms with Crippen molar-refractivity contribution in [1.29, 1.82) is 0 Å². The minimum absolute atomic E-state index is 0.0197. The van der Waals surface area contributed by atoms with Crippen LogP contribution in [-0.2, 0) is 11.3 Å². The molecule has 2 saturated heterocycles. The summed E-state index contributed by atoms with van der Waals surface area (Å²) in [5.74, 6) is 1.44. The SMILES string of the molecule is CN(C)/C=C/c1cc(N2CCC(CCN3CCN(C(=O)OCc4ccccc4)CC3)CC2)ncc1[N+](=O)[O-]. The lowest BCUT2D eigenvalue weighted by atomic mass is 9.93. The standard InChI is InChI=1S/C28H38N6O4/c1-30(2)12-11-25-20-27(29-21-26(25)34(36)37)32-14-9-23(10-15-32)8-13-31-16-18-33(19-17-31)28(35)38-22-24-6-4-3-5-7-24/h3-7,11-12,20-21,23H,8-10,13-19,22H2,1-2H3/b12-11+. The molecule has 204 valence electrons. The van der Waals surface area contributed by atoms with Crippen LogP contribution in [0, 0.1) is 16.0 Å². The van der Waals surface area contributed by atoms with Gasteiger partial charge < -0.3 is 19.4 Å². The summed E-state index contributed by atoms with van der Waals surface area (Å²) in [5, 5.41) is 11.4. The lowest BCUT2D eigenvalue weighted by Crippen LogP contribution is -2.49. The molecule has 10 nitrogen and oxygen atoms in total. The smallest absolute Gasteiger partial charge is 0.410 e. The predicted octanol–water partition coefficient (Wildman–Crippen LogP) is 4.08. The first-order valence-corrected chi connectivity index (χ1v) is 13.3. The largest absolute Gasteiger partial charge is 0.445 e. The molecule has 3 heterocycles. The molecular formula is C28H38N6O4. The third-order valence-electron chi connectivity index (χ3n) is 7.28. The molecule has 0 saturated carbocycles. The number of pyridine rings is 1. The summed E-state index contributed by atoms with van der Waals surface area (Å²) in [6.45, 7) is 6.27. The van der Waals surface area contributed by atoms with E-state index in [9.17, 15) is 14.9 Å². The van der Waals surface area contributed by atoms with Crippen LogP contribution >= 0.6 is 0 Å². The summed E-state index contributed by atoms with van der Waals surface area (Å²) in [6.07, 6.45) is 8.00. The summed E-state index contributed by atoms with van der Waals surface area (Å²) in [5.41, 5.74) is 1.58. The number of carbonyl (C=O) groups excluding carboxylic acids is 1. The second-order valence-electron chi connectivity index (χ2n) is 10.2. The van der Waals surface area contributed by atoms with E-state index in [0.717, 1.165) is 63.4 Å². The van der Waals surface area contributed by atoms with Crippen LogP contribution in [-0.4, -0.2) is 90.6 Å². The Balaban J connectivity index is 1.18. The van der Waals surface area contributed by atoms with Gasteiger partial charge in [0.05, 0.1) is 10.5 Å². The second-order valence-corrected chi connectivity index (χ2v) is 10.2. The number of nitrogens with zero attached hydrogens (tertiary/aromatic N) is 6. The molecular weight excluding hydrogens is 484 g/mol. The van der Waals surface area contributed by atoms with Crippen molar-refractivity contribution < 1.29 is 14.5 Å². The third-order valence-corrected chi connectivity index (χ3v) is 7.28. The molecule has 2 fully saturated rings. The average Bonchev–Trinajstić information content (AvgIpc) is 2.94. The van der Waals surface area contributed by atoms with Crippen LogP contribution in [0.4, 0.5) is 16.3 Å². The maximum atomic E-state index is 12.4. The summed E-state index contributed by atoms with van der Waals surface area (Å²) < 4.78 is 5.47. The van der Waals surface area contributed by atoms with Crippen molar-refractivity contribution in [2.45, 2.75) is 25.9 Å². The fraction of sp³-hybridized carbons (Fsp3) is 0.500. The summed E-state index contributed by atoms with van der Waals surface area (Å²) in [6, 6.07) is 11.6. The van der Waals surface area contributed by atoms with E-state index < -0.39 is 0 Å². The molecule has 2 aromatic rings. The van der Waals surface area contributed by atoms with Gasteiger partial charge in [0.25, 0.3) is 5.69 Å². The topological polar surface area (TPSA) is 95.3 Å². The van der Waals surface area contributed by atoms with Gasteiger partial charge >= 0.3 is 6.09 Å². The quantitative estimate of drug-likeness (QED) is 0.359. The number of benzene rings is 1. The number of carbonyl (C=O) groups is 1. The van der Waals surface area contributed by atoms with Gasteiger partial charge in [0.1, 0.15) is 18.6 Å². The van der Waals surface area contributed by atoms with E-state index >= 15 is 0 Å². The summed E-state index contributed by atoms with van der Waals surface area (Å²) in [7, 11) is 3.77. The Labute approximate surface area is 224 Å². The van der Waals surface area contributed by atoms with Crippen LogP contribution in [0.1, 0.15) is 30.4 Å². The first kappa shape index (κ1) is 27.4. The summed E-state index contributed by atoms with van der Waals surface area (Å²) >= 11 is 0. The molecule has 4 rings (SSSR count). The Bertz CT molecular complexity index is 1090. The number of ether oxygens (including phenoxy) is 1. The highest BCUT2D eigenvalue weighted by Crippen LogP contribution is 2.28. The molecule has 0 radical (unpaired) electrons. The molecule has 0 atom stereocenters. The normalized spacial score (nSPS) is 17.1. The van der Waals surface area contributed by atoms with Gasteiger partial charge in [-0.05, 0) is 55.6 Å². The first-order valence-electron chi connectivity index (χ1n) is 13.3. The maximum Gasteiger partial charge on any atom is 0.410 e. The molecule has 1 aromatic carbocycles. The molecule has 1 aromatic heterocycles. The molecule has 0 N–H and O–H groups in total. The van der Waals surface area contributed by atoms with Crippen molar-refractivity contribution in [1.82, 2.24) is 19.7 Å². The number of hydrogen-bond donors (Lipinski definition) is 0. The van der Waals surface area contributed by atoms with Crippen LogP contribution in [0.5, 0.6) is 0 Å². The average molecular weight is 523 g/mol. The van der Waals surface area contributed by atoms with E-state index in [1.54, 1.807) is 11.0 Å². The van der Waals surface area contributed by atoms with Crippen molar-refractivity contribution in [2.24, 2.45) is 5.92 Å². The number of piperidine rings is 1. The fourth-order valence-corrected chi connectivity index (χ4v) is 4.92. The minimum Gasteiger partial charge on any atom is -0.445 e. The highest BCUT2D eigenvalue weighted by Gasteiger charge is 2.25. The zero-order valence-corrected chi connectivity index (χ0v) is 22.4. The maximum absolute atomic E-state index is 12.4. The van der Waals surface area contributed by atoms with Gasteiger partial charge in [0.2, 0.25) is 0 Å². The lowest BCUT2D eigenvalue weighted by Gasteiger charge is -2.36. The number of hydrogen-bond acceptors (Lipinski definition) is 8. The summed E-state index contributed by atoms with van der Waals surface area (Å²) in [4.78, 5) is 36.2. The number of rotatable bonds is 9. The molecule has 10 heteroatoms. The van der Waals surface area contributed by atoms with Gasteiger partial charge in [0.15, 0.2) is 0 Å². The van der Waals surface area contributed by atoms with Crippen LogP contribution < -0.4 is 4.90 Å². The lowest BCUT2D eigenvalue weighted by molar-refractivity contribution is -0.385. The zero-order chi connectivity index (χ0) is 26.9. The third kappa shape index (κ3) is 7.67. The van der Waals surface area contributed by atoms with Crippen molar-refractivity contribution in [3.63, 3.8) is 0 Å². The van der Waals surface area contributed by atoms with Gasteiger partial charge in [-0.3, -0.25) is 15.0 Å². The number of piperazine rings is 1. The van der Waals surface area contributed by atoms with Gasteiger partial charge in [-0.15, -0.1) is 0 Å². The van der Waals surface area contributed by atoms with Crippen LogP contribution in [0.3, 0.4) is 0 Å². The van der Waals surface area contributed by atoms with E-state index in [-0.39, 0.29) is 16.7 Å².